The fourth-order valence-electron chi connectivity index (χ4n) is 2.74. The van der Waals surface area contributed by atoms with E-state index in [0.717, 1.165) is 27.6 Å². The molecule has 1 aromatic heterocycles. The smallest absolute Gasteiger partial charge is 0.264 e. The van der Waals surface area contributed by atoms with Gasteiger partial charge in [0.1, 0.15) is 10.6 Å². The van der Waals surface area contributed by atoms with Crippen molar-refractivity contribution >= 4 is 17.2 Å². The molecule has 26 heavy (non-hydrogen) atoms. The maximum atomic E-state index is 12.8. The molecular formula is C21H22N2O2S. The van der Waals surface area contributed by atoms with Crippen LogP contribution in [0.2, 0.25) is 0 Å². The molecule has 1 amide bonds. The second-order valence-corrected chi connectivity index (χ2v) is 7.18. The van der Waals surface area contributed by atoms with E-state index in [0.29, 0.717) is 11.5 Å². The molecule has 1 atom stereocenters. The van der Waals surface area contributed by atoms with Crippen LogP contribution in [0.5, 0.6) is 5.75 Å². The monoisotopic (exact) mass is 366 g/mol. The molecule has 3 aromatic rings. The van der Waals surface area contributed by atoms with Crippen molar-refractivity contribution in [3.8, 4) is 17.0 Å². The molecule has 0 aliphatic rings. The van der Waals surface area contributed by atoms with E-state index in [2.05, 4.69) is 10.3 Å². The molecule has 0 saturated carbocycles. The van der Waals surface area contributed by atoms with E-state index in [1.807, 2.05) is 75.4 Å². The van der Waals surface area contributed by atoms with Crippen LogP contribution >= 0.6 is 11.3 Å². The van der Waals surface area contributed by atoms with E-state index in [-0.39, 0.29) is 11.9 Å². The highest BCUT2D eigenvalue weighted by Crippen LogP contribution is 2.28. The van der Waals surface area contributed by atoms with E-state index < -0.39 is 0 Å². The van der Waals surface area contributed by atoms with Gasteiger partial charge in [0.25, 0.3) is 5.91 Å². The van der Waals surface area contributed by atoms with Gasteiger partial charge in [-0.1, -0.05) is 42.5 Å². The number of hydrogen-bond acceptors (Lipinski definition) is 4. The van der Waals surface area contributed by atoms with E-state index >= 15 is 0 Å². The van der Waals surface area contributed by atoms with E-state index in [1.165, 1.54) is 11.3 Å². The van der Waals surface area contributed by atoms with E-state index in [9.17, 15) is 4.79 Å². The number of aryl methyl sites for hydroxylation is 1. The number of aromatic nitrogens is 1. The molecule has 0 bridgehead atoms. The predicted octanol–water partition coefficient (Wildman–Crippen LogP) is 5.01. The van der Waals surface area contributed by atoms with Crippen LogP contribution in [0.1, 0.15) is 40.1 Å². The first kappa shape index (κ1) is 18.1. The second kappa shape index (κ2) is 8.15. The number of rotatable bonds is 6. The van der Waals surface area contributed by atoms with Crippen molar-refractivity contribution in [2.75, 3.05) is 6.61 Å². The summed E-state index contributed by atoms with van der Waals surface area (Å²) >= 11 is 1.42. The summed E-state index contributed by atoms with van der Waals surface area (Å²) in [6.07, 6.45) is 0. The fraction of sp³-hybridized carbons (Fsp3) is 0.238. The van der Waals surface area contributed by atoms with Gasteiger partial charge in [-0.2, -0.15) is 0 Å². The summed E-state index contributed by atoms with van der Waals surface area (Å²) in [5, 5.41) is 3.96. The third kappa shape index (κ3) is 4.11. The summed E-state index contributed by atoms with van der Waals surface area (Å²) in [6, 6.07) is 17.5. The van der Waals surface area contributed by atoms with Crippen molar-refractivity contribution in [1.82, 2.24) is 10.3 Å². The number of carbonyl (C=O) groups is 1. The third-order valence-electron chi connectivity index (χ3n) is 4.03. The SMILES string of the molecule is CCOc1ccc(C(C)NC(=O)c2sc(C)nc2-c2ccccc2)cc1. The fourth-order valence-corrected chi connectivity index (χ4v) is 3.58. The largest absolute Gasteiger partial charge is 0.494 e. The van der Waals surface area contributed by atoms with Gasteiger partial charge in [-0.3, -0.25) is 4.79 Å². The van der Waals surface area contributed by atoms with Crippen LogP contribution < -0.4 is 10.1 Å². The Morgan fingerprint density at radius 3 is 2.50 bits per heavy atom. The van der Waals surface area contributed by atoms with Crippen LogP contribution in [-0.2, 0) is 0 Å². The Labute approximate surface area is 157 Å². The minimum atomic E-state index is -0.107. The van der Waals surface area contributed by atoms with Crippen molar-refractivity contribution in [3.63, 3.8) is 0 Å². The Bertz CT molecular complexity index is 873. The summed E-state index contributed by atoms with van der Waals surface area (Å²) < 4.78 is 5.46. The lowest BCUT2D eigenvalue weighted by Gasteiger charge is -2.15. The lowest BCUT2D eigenvalue weighted by molar-refractivity contribution is 0.0944. The molecule has 1 heterocycles. The van der Waals surface area contributed by atoms with Crippen molar-refractivity contribution in [2.45, 2.75) is 26.8 Å². The maximum Gasteiger partial charge on any atom is 0.264 e. The van der Waals surface area contributed by atoms with Crippen LogP contribution in [0.15, 0.2) is 54.6 Å². The highest BCUT2D eigenvalue weighted by atomic mass is 32.1. The number of nitrogens with zero attached hydrogens (tertiary/aromatic N) is 1. The molecule has 0 radical (unpaired) electrons. The number of ether oxygens (including phenoxy) is 1. The van der Waals surface area contributed by atoms with Crippen LogP contribution in [0.3, 0.4) is 0 Å². The van der Waals surface area contributed by atoms with Crippen molar-refractivity contribution < 1.29 is 9.53 Å². The summed E-state index contributed by atoms with van der Waals surface area (Å²) in [6.45, 7) is 6.49. The van der Waals surface area contributed by atoms with Crippen molar-refractivity contribution in [3.05, 3.63) is 70.0 Å². The molecule has 0 aliphatic heterocycles. The molecule has 1 N–H and O–H groups in total. The van der Waals surface area contributed by atoms with E-state index in [4.69, 9.17) is 4.74 Å². The summed E-state index contributed by atoms with van der Waals surface area (Å²) in [5.74, 6) is 0.732. The number of carbonyl (C=O) groups excluding carboxylic acids is 1. The molecule has 3 rings (SSSR count). The highest BCUT2D eigenvalue weighted by Gasteiger charge is 2.20. The van der Waals surface area contributed by atoms with Crippen LogP contribution in [0.25, 0.3) is 11.3 Å². The van der Waals surface area contributed by atoms with Crippen molar-refractivity contribution in [1.29, 1.82) is 0 Å². The molecule has 134 valence electrons. The minimum absolute atomic E-state index is 0.101. The zero-order valence-electron chi connectivity index (χ0n) is 15.2. The lowest BCUT2D eigenvalue weighted by Crippen LogP contribution is -2.26. The lowest BCUT2D eigenvalue weighted by atomic mass is 10.1. The molecule has 0 aliphatic carbocycles. The zero-order chi connectivity index (χ0) is 18.5. The maximum absolute atomic E-state index is 12.8. The van der Waals surface area contributed by atoms with Gasteiger partial charge in [-0.15, -0.1) is 11.3 Å². The van der Waals surface area contributed by atoms with Gasteiger partial charge < -0.3 is 10.1 Å². The standard InChI is InChI=1S/C21H22N2O2S/c1-4-25-18-12-10-16(11-13-18)14(2)22-21(24)20-19(23-15(3)26-20)17-8-6-5-7-9-17/h5-14H,4H2,1-3H3,(H,22,24). The normalized spacial score (nSPS) is 11.8. The predicted molar refractivity (Wildman–Crippen MR) is 106 cm³/mol. The van der Waals surface area contributed by atoms with Crippen molar-refractivity contribution in [2.24, 2.45) is 0 Å². The highest BCUT2D eigenvalue weighted by molar-refractivity contribution is 7.14. The van der Waals surface area contributed by atoms with Crippen LogP contribution in [0.4, 0.5) is 0 Å². The quantitative estimate of drug-likeness (QED) is 0.667. The Morgan fingerprint density at radius 2 is 1.85 bits per heavy atom. The molecule has 0 spiro atoms. The number of nitrogens with one attached hydrogen (secondary N) is 1. The average Bonchev–Trinajstić information content (AvgIpc) is 3.05. The van der Waals surface area contributed by atoms with E-state index in [1.54, 1.807) is 0 Å². The average molecular weight is 366 g/mol. The number of amides is 1. The molecule has 0 saturated heterocycles. The molecular weight excluding hydrogens is 344 g/mol. The van der Waals surface area contributed by atoms with Gasteiger partial charge in [-0.25, -0.2) is 4.98 Å². The molecule has 2 aromatic carbocycles. The zero-order valence-corrected chi connectivity index (χ0v) is 16.0. The van der Waals surface area contributed by atoms with Gasteiger partial charge in [0.2, 0.25) is 0 Å². The van der Waals surface area contributed by atoms with Gasteiger partial charge in [0.05, 0.1) is 23.4 Å². The third-order valence-corrected chi connectivity index (χ3v) is 5.00. The van der Waals surface area contributed by atoms with Gasteiger partial charge >= 0.3 is 0 Å². The Kier molecular flexibility index (Phi) is 5.68. The first-order chi connectivity index (χ1) is 12.6. The number of thiazole rings is 1. The summed E-state index contributed by atoms with van der Waals surface area (Å²) in [5.41, 5.74) is 2.73. The number of benzene rings is 2. The Balaban J connectivity index is 1.78. The summed E-state index contributed by atoms with van der Waals surface area (Å²) in [7, 11) is 0. The first-order valence-corrected chi connectivity index (χ1v) is 9.46. The van der Waals surface area contributed by atoms with Crippen LogP contribution in [-0.4, -0.2) is 17.5 Å². The first-order valence-electron chi connectivity index (χ1n) is 8.65. The molecule has 4 nitrogen and oxygen atoms in total. The van der Waals surface area contributed by atoms with Gasteiger partial charge in [-0.05, 0) is 38.5 Å². The van der Waals surface area contributed by atoms with Crippen LogP contribution in [0, 0.1) is 6.92 Å². The Hall–Kier alpha value is -2.66. The Morgan fingerprint density at radius 1 is 1.15 bits per heavy atom. The molecule has 0 fully saturated rings. The number of hydrogen-bond donors (Lipinski definition) is 1. The summed E-state index contributed by atoms with van der Waals surface area (Å²) in [4.78, 5) is 18.0. The molecule has 1 unspecified atom stereocenters. The van der Waals surface area contributed by atoms with Gasteiger partial charge in [0, 0.05) is 5.56 Å². The van der Waals surface area contributed by atoms with Gasteiger partial charge in [0.15, 0.2) is 0 Å². The second-order valence-electron chi connectivity index (χ2n) is 5.97. The minimum Gasteiger partial charge on any atom is -0.494 e. The molecule has 5 heteroatoms. The topological polar surface area (TPSA) is 51.2 Å².